The van der Waals surface area contributed by atoms with Crippen molar-refractivity contribution in [1.82, 2.24) is 30.1 Å². The lowest BCUT2D eigenvalue weighted by Gasteiger charge is -2.29. The second-order valence-corrected chi connectivity index (χ2v) is 8.21. The van der Waals surface area contributed by atoms with Crippen molar-refractivity contribution in [3.8, 4) is 5.75 Å². The highest BCUT2D eigenvalue weighted by atomic mass is 16.5. The molecule has 3 aromatic heterocycles. The summed E-state index contributed by atoms with van der Waals surface area (Å²) in [4.78, 5) is 30.2. The average molecular weight is 495 g/mol. The number of furan rings is 1. The predicted molar refractivity (Wildman–Crippen MR) is 131 cm³/mol. The Morgan fingerprint density at radius 1 is 1.17 bits per heavy atom. The van der Waals surface area contributed by atoms with Crippen LogP contribution < -0.4 is 10.3 Å². The van der Waals surface area contributed by atoms with Crippen LogP contribution >= 0.6 is 0 Å². The second kappa shape index (κ2) is 11.6. The van der Waals surface area contributed by atoms with Crippen molar-refractivity contribution < 1.29 is 18.7 Å². The molecule has 190 valence electrons. The molecule has 1 unspecified atom stereocenters. The summed E-state index contributed by atoms with van der Waals surface area (Å²) < 4.78 is 17.7. The van der Waals surface area contributed by atoms with E-state index in [4.69, 9.17) is 13.9 Å². The van der Waals surface area contributed by atoms with E-state index in [1.165, 1.54) is 4.68 Å². The van der Waals surface area contributed by atoms with Crippen molar-refractivity contribution in [3.63, 3.8) is 0 Å². The second-order valence-electron chi connectivity index (χ2n) is 8.21. The van der Waals surface area contributed by atoms with Gasteiger partial charge in [0.05, 0.1) is 32.1 Å². The monoisotopic (exact) mass is 494 g/mol. The molecule has 4 aromatic rings. The van der Waals surface area contributed by atoms with Gasteiger partial charge in [-0.1, -0.05) is 6.92 Å². The molecule has 3 heterocycles. The standard InChI is InChI=1S/C25H30N6O5/c1-4-22(24-27-28-29-31(24)16-23(32)35-6-3)30(15-20-8-7-11-36-20)14-18-12-17-13-19(34-5-2)9-10-21(17)26-25(18)33/h7-13,22H,4-6,14-16H2,1-3H3,(H,26,33). The van der Waals surface area contributed by atoms with Gasteiger partial charge in [0.1, 0.15) is 18.1 Å². The van der Waals surface area contributed by atoms with E-state index in [0.717, 1.165) is 22.4 Å². The predicted octanol–water partition coefficient (Wildman–Crippen LogP) is 3.22. The quantitative estimate of drug-likeness (QED) is 0.295. The molecule has 4 rings (SSSR count). The Hall–Kier alpha value is -3.99. The SMILES string of the molecule is CCOC(=O)Cn1nnnc1C(CC)N(Cc1ccco1)Cc1cc2cc(OCC)ccc2[nH]c1=O. The fraction of sp³-hybridized carbons (Fsp3) is 0.400. The number of nitrogens with zero attached hydrogens (tertiary/aromatic N) is 5. The highest BCUT2D eigenvalue weighted by molar-refractivity contribution is 5.80. The van der Waals surface area contributed by atoms with Crippen LogP contribution in [-0.2, 0) is 29.2 Å². The molecule has 0 spiro atoms. The number of rotatable bonds is 12. The number of nitrogens with one attached hydrogen (secondary N) is 1. The van der Waals surface area contributed by atoms with Gasteiger partial charge < -0.3 is 18.9 Å². The van der Waals surface area contributed by atoms with E-state index in [2.05, 4.69) is 25.4 Å². The molecule has 36 heavy (non-hydrogen) atoms. The highest BCUT2D eigenvalue weighted by Gasteiger charge is 2.27. The maximum absolute atomic E-state index is 13.0. The van der Waals surface area contributed by atoms with Gasteiger partial charge in [0.2, 0.25) is 0 Å². The molecule has 0 aliphatic carbocycles. The van der Waals surface area contributed by atoms with Crippen LogP contribution in [0, 0.1) is 0 Å². The maximum atomic E-state index is 13.0. The van der Waals surface area contributed by atoms with Crippen LogP contribution in [0.4, 0.5) is 0 Å². The molecule has 0 saturated carbocycles. The normalized spacial score (nSPS) is 12.2. The number of hydrogen-bond acceptors (Lipinski definition) is 9. The van der Waals surface area contributed by atoms with Gasteiger partial charge in [-0.25, -0.2) is 4.68 Å². The summed E-state index contributed by atoms with van der Waals surface area (Å²) in [6, 6.07) is 10.8. The van der Waals surface area contributed by atoms with E-state index in [-0.39, 0.29) is 24.8 Å². The lowest BCUT2D eigenvalue weighted by Crippen LogP contribution is -2.32. The molecule has 11 heteroatoms. The topological polar surface area (TPSA) is 128 Å². The zero-order chi connectivity index (χ0) is 25.5. The molecule has 0 saturated heterocycles. The number of tetrazole rings is 1. The Labute approximate surface area is 208 Å². The number of ether oxygens (including phenoxy) is 2. The number of aromatic amines is 1. The van der Waals surface area contributed by atoms with Crippen molar-refractivity contribution in [1.29, 1.82) is 0 Å². The third kappa shape index (κ3) is 5.80. The van der Waals surface area contributed by atoms with Gasteiger partial charge >= 0.3 is 5.97 Å². The molecule has 0 aliphatic rings. The lowest BCUT2D eigenvalue weighted by molar-refractivity contribution is -0.144. The minimum Gasteiger partial charge on any atom is -0.494 e. The summed E-state index contributed by atoms with van der Waals surface area (Å²) in [5.41, 5.74) is 1.12. The Bertz CT molecular complexity index is 1350. The molecular formula is C25H30N6O5. The molecule has 0 fully saturated rings. The summed E-state index contributed by atoms with van der Waals surface area (Å²) in [5, 5.41) is 12.9. The summed E-state index contributed by atoms with van der Waals surface area (Å²) in [7, 11) is 0. The van der Waals surface area contributed by atoms with Gasteiger partial charge in [-0.2, -0.15) is 0 Å². The summed E-state index contributed by atoms with van der Waals surface area (Å²) in [5.74, 6) is 1.55. The zero-order valence-corrected chi connectivity index (χ0v) is 20.6. The van der Waals surface area contributed by atoms with Crippen molar-refractivity contribution in [2.75, 3.05) is 13.2 Å². The number of H-pyrrole nitrogens is 1. The van der Waals surface area contributed by atoms with Gasteiger partial charge in [0.15, 0.2) is 5.82 Å². The van der Waals surface area contributed by atoms with Crippen molar-refractivity contribution in [3.05, 3.63) is 70.2 Å². The molecule has 1 atom stereocenters. The number of benzene rings is 1. The number of hydrogen-bond donors (Lipinski definition) is 1. The number of fused-ring (bicyclic) bond motifs is 1. The van der Waals surface area contributed by atoms with E-state index in [0.29, 0.717) is 37.5 Å². The number of aromatic nitrogens is 5. The fourth-order valence-electron chi connectivity index (χ4n) is 4.20. The van der Waals surface area contributed by atoms with Gasteiger partial charge in [-0.3, -0.25) is 14.5 Å². The Kier molecular flexibility index (Phi) is 8.11. The van der Waals surface area contributed by atoms with Crippen molar-refractivity contribution in [2.24, 2.45) is 0 Å². The first-order valence-corrected chi connectivity index (χ1v) is 12.0. The first-order valence-electron chi connectivity index (χ1n) is 12.0. The summed E-state index contributed by atoms with van der Waals surface area (Å²) >= 11 is 0. The minimum absolute atomic E-state index is 0.0992. The van der Waals surface area contributed by atoms with Crippen molar-refractivity contribution >= 4 is 16.9 Å². The molecule has 0 amide bonds. The van der Waals surface area contributed by atoms with E-state index in [9.17, 15) is 9.59 Å². The van der Waals surface area contributed by atoms with Crippen LogP contribution in [0.25, 0.3) is 10.9 Å². The molecule has 0 bridgehead atoms. The largest absolute Gasteiger partial charge is 0.494 e. The van der Waals surface area contributed by atoms with Gasteiger partial charge in [0.25, 0.3) is 5.56 Å². The number of esters is 1. The Balaban J connectivity index is 1.69. The zero-order valence-electron chi connectivity index (χ0n) is 20.6. The molecule has 1 N–H and O–H groups in total. The minimum atomic E-state index is -0.422. The van der Waals surface area contributed by atoms with Crippen LogP contribution in [0.5, 0.6) is 5.75 Å². The third-order valence-corrected chi connectivity index (χ3v) is 5.79. The molecular weight excluding hydrogens is 464 g/mol. The number of carbonyl (C=O) groups excluding carboxylic acids is 1. The van der Waals surface area contributed by atoms with E-state index < -0.39 is 5.97 Å². The summed E-state index contributed by atoms with van der Waals surface area (Å²) in [6.07, 6.45) is 2.24. The van der Waals surface area contributed by atoms with Gasteiger partial charge in [0, 0.05) is 23.0 Å². The van der Waals surface area contributed by atoms with Crippen LogP contribution in [0.1, 0.15) is 50.4 Å². The fourth-order valence-corrected chi connectivity index (χ4v) is 4.20. The van der Waals surface area contributed by atoms with Gasteiger partial charge in [-0.05, 0) is 67.1 Å². The van der Waals surface area contributed by atoms with E-state index in [1.54, 1.807) is 13.2 Å². The Morgan fingerprint density at radius 2 is 2.03 bits per heavy atom. The molecule has 11 nitrogen and oxygen atoms in total. The highest BCUT2D eigenvalue weighted by Crippen LogP contribution is 2.27. The van der Waals surface area contributed by atoms with Crippen LogP contribution in [0.15, 0.2) is 51.9 Å². The van der Waals surface area contributed by atoms with Crippen LogP contribution in [-0.4, -0.2) is 49.3 Å². The van der Waals surface area contributed by atoms with E-state index in [1.807, 2.05) is 50.2 Å². The first-order chi connectivity index (χ1) is 17.5. The smallest absolute Gasteiger partial charge is 0.327 e. The van der Waals surface area contributed by atoms with E-state index >= 15 is 0 Å². The molecule has 0 aliphatic heterocycles. The van der Waals surface area contributed by atoms with Crippen LogP contribution in [0.2, 0.25) is 0 Å². The van der Waals surface area contributed by atoms with Gasteiger partial charge in [-0.15, -0.1) is 5.10 Å². The number of carbonyl (C=O) groups is 1. The average Bonchev–Trinajstić information content (AvgIpc) is 3.53. The molecule has 0 radical (unpaired) electrons. The Morgan fingerprint density at radius 3 is 2.75 bits per heavy atom. The molecule has 1 aromatic carbocycles. The summed E-state index contributed by atoms with van der Waals surface area (Å²) in [6.45, 7) is 7.11. The maximum Gasteiger partial charge on any atom is 0.327 e. The third-order valence-electron chi connectivity index (χ3n) is 5.79. The first kappa shape index (κ1) is 25.1. The van der Waals surface area contributed by atoms with Crippen LogP contribution in [0.3, 0.4) is 0 Å². The van der Waals surface area contributed by atoms with Crippen molar-refractivity contribution in [2.45, 2.75) is 52.9 Å². The number of pyridine rings is 1. The lowest BCUT2D eigenvalue weighted by atomic mass is 10.1.